The van der Waals surface area contributed by atoms with E-state index in [-0.39, 0.29) is 17.7 Å². The minimum Gasteiger partial charge on any atom is -0.355 e. The first kappa shape index (κ1) is 12.9. The Hall–Kier alpha value is -1.10. The molecule has 3 fully saturated rings. The van der Waals surface area contributed by atoms with Crippen molar-refractivity contribution < 1.29 is 9.59 Å². The number of hydrogen-bond donors (Lipinski definition) is 1. The third-order valence-corrected chi connectivity index (χ3v) is 4.71. The van der Waals surface area contributed by atoms with E-state index < -0.39 is 0 Å². The molecule has 0 aliphatic carbocycles. The van der Waals surface area contributed by atoms with Gasteiger partial charge in [0.15, 0.2) is 0 Å². The molecule has 3 rings (SSSR count). The zero-order valence-electron chi connectivity index (χ0n) is 11.4. The van der Waals surface area contributed by atoms with Crippen LogP contribution in [-0.2, 0) is 9.59 Å². The van der Waals surface area contributed by atoms with Crippen molar-refractivity contribution in [3.63, 3.8) is 0 Å². The van der Waals surface area contributed by atoms with Gasteiger partial charge < -0.3 is 10.2 Å². The Kier molecular flexibility index (Phi) is 3.73. The Morgan fingerprint density at radius 3 is 2.63 bits per heavy atom. The molecule has 2 atom stereocenters. The first-order valence-corrected chi connectivity index (χ1v) is 7.53. The van der Waals surface area contributed by atoms with E-state index in [1.54, 1.807) is 0 Å². The van der Waals surface area contributed by atoms with E-state index in [0.717, 1.165) is 19.5 Å². The molecule has 3 saturated heterocycles. The predicted molar refractivity (Wildman–Crippen MR) is 71.5 cm³/mol. The maximum atomic E-state index is 12.3. The minimum atomic E-state index is -0.118. The van der Waals surface area contributed by atoms with E-state index in [9.17, 15) is 9.59 Å². The van der Waals surface area contributed by atoms with E-state index in [4.69, 9.17) is 0 Å². The Morgan fingerprint density at radius 1 is 1.16 bits per heavy atom. The van der Waals surface area contributed by atoms with Gasteiger partial charge in [0, 0.05) is 32.1 Å². The van der Waals surface area contributed by atoms with Gasteiger partial charge in [-0.15, -0.1) is 0 Å². The lowest BCUT2D eigenvalue weighted by Gasteiger charge is -2.32. The highest BCUT2D eigenvalue weighted by atomic mass is 16.2. The lowest BCUT2D eigenvalue weighted by atomic mass is 10.1. The molecule has 2 amide bonds. The summed E-state index contributed by atoms with van der Waals surface area (Å²) < 4.78 is 0. The van der Waals surface area contributed by atoms with Crippen LogP contribution < -0.4 is 5.32 Å². The van der Waals surface area contributed by atoms with Gasteiger partial charge in [0.25, 0.3) is 0 Å². The van der Waals surface area contributed by atoms with Crippen LogP contribution in [0.15, 0.2) is 0 Å². The van der Waals surface area contributed by atoms with Crippen LogP contribution in [-0.4, -0.2) is 60.4 Å². The van der Waals surface area contributed by atoms with Crippen LogP contribution >= 0.6 is 0 Å². The number of amides is 2. The molecule has 2 unspecified atom stereocenters. The summed E-state index contributed by atoms with van der Waals surface area (Å²) in [5, 5.41) is 2.75. The second-order valence-electron chi connectivity index (χ2n) is 6.03. The normalized spacial score (nSPS) is 32.6. The summed E-state index contributed by atoms with van der Waals surface area (Å²) in [6.45, 7) is 4.64. The van der Waals surface area contributed by atoms with Gasteiger partial charge in [0.2, 0.25) is 11.8 Å². The van der Waals surface area contributed by atoms with Gasteiger partial charge >= 0.3 is 0 Å². The fraction of sp³-hybridized carbons (Fsp3) is 0.857. The van der Waals surface area contributed by atoms with Crippen molar-refractivity contribution in [2.75, 3.05) is 32.7 Å². The Morgan fingerprint density at radius 2 is 1.95 bits per heavy atom. The maximum absolute atomic E-state index is 12.3. The standard InChI is InChI=1S/C14H23N3O2/c18-13-8-11(9-15-13)14(19)17-7-4-12(10-17)16-5-2-1-3-6-16/h11-12H,1-10H2,(H,15,18). The smallest absolute Gasteiger partial charge is 0.228 e. The lowest BCUT2D eigenvalue weighted by Crippen LogP contribution is -2.42. The molecular weight excluding hydrogens is 242 g/mol. The van der Waals surface area contributed by atoms with E-state index >= 15 is 0 Å². The predicted octanol–water partition coefficient (Wildman–Crippen LogP) is 0.209. The molecule has 3 aliphatic heterocycles. The van der Waals surface area contributed by atoms with E-state index in [1.165, 1.54) is 32.4 Å². The van der Waals surface area contributed by atoms with Crippen molar-refractivity contribution in [1.29, 1.82) is 0 Å². The molecule has 3 heterocycles. The maximum Gasteiger partial charge on any atom is 0.228 e. The van der Waals surface area contributed by atoms with Crippen LogP contribution in [0.4, 0.5) is 0 Å². The summed E-state index contributed by atoms with van der Waals surface area (Å²) in [5.41, 5.74) is 0. The molecule has 0 aromatic carbocycles. The van der Waals surface area contributed by atoms with Crippen LogP contribution in [0.3, 0.4) is 0 Å². The quantitative estimate of drug-likeness (QED) is 0.776. The van der Waals surface area contributed by atoms with Gasteiger partial charge in [-0.1, -0.05) is 6.42 Å². The molecule has 0 aromatic heterocycles. The highest BCUT2D eigenvalue weighted by Crippen LogP contribution is 2.22. The average Bonchev–Trinajstić information content (AvgIpc) is 3.08. The summed E-state index contributed by atoms with van der Waals surface area (Å²) >= 11 is 0. The molecule has 19 heavy (non-hydrogen) atoms. The van der Waals surface area contributed by atoms with E-state index in [2.05, 4.69) is 10.2 Å². The lowest BCUT2D eigenvalue weighted by molar-refractivity contribution is -0.135. The first-order valence-electron chi connectivity index (χ1n) is 7.53. The molecule has 5 heteroatoms. The molecule has 1 N–H and O–H groups in total. The van der Waals surface area contributed by atoms with Gasteiger partial charge in [0.1, 0.15) is 0 Å². The largest absolute Gasteiger partial charge is 0.355 e. The average molecular weight is 265 g/mol. The second-order valence-corrected chi connectivity index (χ2v) is 6.03. The topological polar surface area (TPSA) is 52.7 Å². The Bertz CT molecular complexity index is 366. The third-order valence-electron chi connectivity index (χ3n) is 4.71. The summed E-state index contributed by atoms with van der Waals surface area (Å²) in [6.07, 6.45) is 5.42. The molecule has 0 aromatic rings. The van der Waals surface area contributed by atoms with Crippen molar-refractivity contribution in [3.05, 3.63) is 0 Å². The van der Waals surface area contributed by atoms with Gasteiger partial charge in [-0.2, -0.15) is 0 Å². The molecule has 5 nitrogen and oxygen atoms in total. The fourth-order valence-electron chi connectivity index (χ4n) is 3.56. The van der Waals surface area contributed by atoms with Gasteiger partial charge in [-0.05, 0) is 32.4 Å². The summed E-state index contributed by atoms with van der Waals surface area (Å²) in [7, 11) is 0. The number of rotatable bonds is 2. The second kappa shape index (κ2) is 5.49. The molecule has 106 valence electrons. The Balaban J connectivity index is 1.53. The number of hydrogen-bond acceptors (Lipinski definition) is 3. The molecular formula is C14H23N3O2. The van der Waals surface area contributed by atoms with E-state index in [0.29, 0.717) is 19.0 Å². The van der Waals surface area contributed by atoms with E-state index in [1.807, 2.05) is 4.90 Å². The zero-order chi connectivity index (χ0) is 13.2. The molecule has 3 aliphatic rings. The van der Waals surface area contributed by atoms with Crippen molar-refractivity contribution in [2.45, 2.75) is 38.1 Å². The zero-order valence-corrected chi connectivity index (χ0v) is 11.4. The van der Waals surface area contributed by atoms with Gasteiger partial charge in [0.05, 0.1) is 5.92 Å². The third kappa shape index (κ3) is 2.76. The monoisotopic (exact) mass is 265 g/mol. The van der Waals surface area contributed by atoms with Crippen LogP contribution in [0, 0.1) is 5.92 Å². The molecule has 0 bridgehead atoms. The SMILES string of the molecule is O=C1CC(C(=O)N2CCC(N3CCCCC3)C2)CN1. The molecule has 0 saturated carbocycles. The van der Waals surface area contributed by atoms with Crippen LogP contribution in [0.1, 0.15) is 32.1 Å². The highest BCUT2D eigenvalue weighted by Gasteiger charge is 2.36. The number of likely N-dealkylation sites (tertiary alicyclic amines) is 2. The van der Waals surface area contributed by atoms with Crippen molar-refractivity contribution in [1.82, 2.24) is 15.1 Å². The summed E-state index contributed by atoms with van der Waals surface area (Å²) in [5.74, 6) is 0.0793. The Labute approximate surface area is 114 Å². The van der Waals surface area contributed by atoms with Crippen LogP contribution in [0.25, 0.3) is 0 Å². The first-order chi connectivity index (χ1) is 9.24. The van der Waals surface area contributed by atoms with Gasteiger partial charge in [-0.3, -0.25) is 14.5 Å². The van der Waals surface area contributed by atoms with Crippen LogP contribution in [0.2, 0.25) is 0 Å². The van der Waals surface area contributed by atoms with Crippen molar-refractivity contribution in [3.8, 4) is 0 Å². The fourth-order valence-corrected chi connectivity index (χ4v) is 3.56. The number of nitrogens with zero attached hydrogens (tertiary/aromatic N) is 2. The number of nitrogens with one attached hydrogen (secondary N) is 1. The number of carbonyl (C=O) groups excluding carboxylic acids is 2. The van der Waals surface area contributed by atoms with Gasteiger partial charge in [-0.25, -0.2) is 0 Å². The van der Waals surface area contributed by atoms with Crippen LogP contribution in [0.5, 0.6) is 0 Å². The number of piperidine rings is 1. The summed E-state index contributed by atoms with van der Waals surface area (Å²) in [6, 6.07) is 0.550. The summed E-state index contributed by atoms with van der Waals surface area (Å²) in [4.78, 5) is 28.1. The minimum absolute atomic E-state index is 0.0186. The molecule has 0 radical (unpaired) electrons. The number of carbonyl (C=O) groups is 2. The highest BCUT2D eigenvalue weighted by molar-refractivity contribution is 5.89. The van der Waals surface area contributed by atoms with Crippen molar-refractivity contribution in [2.24, 2.45) is 5.92 Å². The van der Waals surface area contributed by atoms with Crippen molar-refractivity contribution >= 4 is 11.8 Å². The molecule has 0 spiro atoms.